The van der Waals surface area contributed by atoms with Crippen molar-refractivity contribution in [1.29, 1.82) is 0 Å². The van der Waals surface area contributed by atoms with Crippen LogP contribution in [0.3, 0.4) is 0 Å². The van der Waals surface area contributed by atoms with Gasteiger partial charge in [0.1, 0.15) is 5.02 Å². The Labute approximate surface area is 144 Å². The molecule has 0 spiro atoms. The number of nitrogens with zero attached hydrogens (tertiary/aromatic N) is 2. The second kappa shape index (κ2) is 7.02. The Morgan fingerprint density at radius 3 is 2.41 bits per heavy atom. The lowest BCUT2D eigenvalue weighted by Crippen LogP contribution is -2.29. The molecule has 1 fully saturated rings. The van der Waals surface area contributed by atoms with Crippen LogP contribution in [0, 0.1) is 11.8 Å². The molecule has 0 aromatic carbocycles. The van der Waals surface area contributed by atoms with Crippen LogP contribution in [0.4, 0.5) is 5.69 Å². The van der Waals surface area contributed by atoms with Gasteiger partial charge in [-0.1, -0.05) is 55.1 Å². The Morgan fingerprint density at radius 1 is 1.23 bits per heavy atom. The van der Waals surface area contributed by atoms with Crippen LogP contribution < -0.4 is 11.2 Å². The highest BCUT2D eigenvalue weighted by Gasteiger charge is 2.24. The number of carbonyl (C=O) groups excluding carboxylic acids is 1. The summed E-state index contributed by atoms with van der Waals surface area (Å²) in [6, 6.07) is 0. The van der Waals surface area contributed by atoms with Crippen molar-refractivity contribution in [1.82, 2.24) is 10.4 Å². The van der Waals surface area contributed by atoms with Crippen molar-refractivity contribution in [2.75, 3.05) is 5.73 Å². The third kappa shape index (κ3) is 3.47. The number of pyridine rings is 1. The van der Waals surface area contributed by atoms with Crippen LogP contribution in [0.2, 0.25) is 15.2 Å². The van der Waals surface area contributed by atoms with Crippen molar-refractivity contribution in [2.45, 2.75) is 33.1 Å². The second-order valence-electron chi connectivity index (χ2n) is 5.50. The maximum Gasteiger partial charge on any atom is 0.291 e. The van der Waals surface area contributed by atoms with Gasteiger partial charge < -0.3 is 5.73 Å². The Bertz CT molecular complexity index is 621. The van der Waals surface area contributed by atoms with Gasteiger partial charge in [0.25, 0.3) is 5.91 Å². The molecule has 8 heteroatoms. The number of hydrogen-bond donors (Lipinski definition) is 2. The second-order valence-corrected chi connectivity index (χ2v) is 6.62. The maximum absolute atomic E-state index is 12.2. The quantitative estimate of drug-likeness (QED) is 0.611. The van der Waals surface area contributed by atoms with Crippen molar-refractivity contribution in [3.63, 3.8) is 0 Å². The fourth-order valence-corrected chi connectivity index (χ4v) is 3.18. The van der Waals surface area contributed by atoms with E-state index in [2.05, 4.69) is 29.4 Å². The molecule has 1 heterocycles. The van der Waals surface area contributed by atoms with Crippen LogP contribution in [0.1, 0.15) is 43.6 Å². The topological polar surface area (TPSA) is 80.4 Å². The first-order valence-electron chi connectivity index (χ1n) is 7.00. The number of amides is 1. The molecule has 0 saturated heterocycles. The largest absolute Gasteiger partial charge is 0.396 e. The first-order valence-corrected chi connectivity index (χ1v) is 8.14. The highest BCUT2D eigenvalue weighted by molar-refractivity contribution is 6.46. The van der Waals surface area contributed by atoms with Crippen molar-refractivity contribution in [2.24, 2.45) is 16.9 Å². The molecule has 3 N–H and O–H groups in total. The molecular formula is C14H17Cl3N4O. The Kier molecular flexibility index (Phi) is 5.53. The zero-order chi connectivity index (χ0) is 16.4. The number of nitrogens with two attached hydrogens (primary N) is 1. The number of hydrogen-bond acceptors (Lipinski definition) is 4. The van der Waals surface area contributed by atoms with Gasteiger partial charge in [0, 0.05) is 5.71 Å². The van der Waals surface area contributed by atoms with Gasteiger partial charge >= 0.3 is 0 Å². The molecule has 0 aliphatic heterocycles. The molecule has 1 saturated carbocycles. The number of nitrogens with one attached hydrogen (secondary N) is 1. The maximum atomic E-state index is 12.2. The standard InChI is InChI=1S/C14H17Cl3N4O/c1-6-4-3-5-7(2)11(6)20-21-14(22)12-8(15)10(18)9(16)13(17)19-12/h6-7H,3-5H2,1-2H3,(H2,18,19)(H,21,22)/t6-,7-/m1/s1. The average molecular weight is 364 g/mol. The molecule has 0 unspecified atom stereocenters. The van der Waals surface area contributed by atoms with Crippen LogP contribution in [0.15, 0.2) is 5.10 Å². The molecule has 1 aliphatic carbocycles. The van der Waals surface area contributed by atoms with Gasteiger partial charge in [-0.3, -0.25) is 4.79 Å². The summed E-state index contributed by atoms with van der Waals surface area (Å²) in [4.78, 5) is 16.1. The highest BCUT2D eigenvalue weighted by Crippen LogP contribution is 2.34. The molecular weight excluding hydrogens is 347 g/mol. The van der Waals surface area contributed by atoms with Gasteiger partial charge in [-0.2, -0.15) is 5.10 Å². The van der Waals surface area contributed by atoms with Crippen LogP contribution in [-0.2, 0) is 0 Å². The van der Waals surface area contributed by atoms with E-state index in [1.54, 1.807) is 0 Å². The van der Waals surface area contributed by atoms with Crippen LogP contribution in [0.5, 0.6) is 0 Å². The minimum atomic E-state index is -0.562. The Morgan fingerprint density at radius 2 is 1.82 bits per heavy atom. The van der Waals surface area contributed by atoms with E-state index in [-0.39, 0.29) is 26.6 Å². The van der Waals surface area contributed by atoms with E-state index in [0.29, 0.717) is 11.8 Å². The van der Waals surface area contributed by atoms with E-state index in [1.165, 1.54) is 6.42 Å². The van der Waals surface area contributed by atoms with Gasteiger partial charge in [0.2, 0.25) is 0 Å². The smallest absolute Gasteiger partial charge is 0.291 e. The van der Waals surface area contributed by atoms with E-state index in [1.807, 2.05) is 0 Å². The van der Waals surface area contributed by atoms with Gasteiger partial charge in [0.05, 0.1) is 10.7 Å². The van der Waals surface area contributed by atoms with Crippen LogP contribution in [-0.4, -0.2) is 16.6 Å². The summed E-state index contributed by atoms with van der Waals surface area (Å²) in [5.74, 6) is 0.116. The molecule has 1 amide bonds. The molecule has 120 valence electrons. The predicted octanol–water partition coefficient (Wildman–Crippen LogP) is 4.17. The number of carbonyl (C=O) groups is 1. The fraction of sp³-hybridized carbons (Fsp3) is 0.500. The summed E-state index contributed by atoms with van der Waals surface area (Å²) >= 11 is 17.7. The van der Waals surface area contributed by atoms with Crippen molar-refractivity contribution in [3.05, 3.63) is 20.9 Å². The van der Waals surface area contributed by atoms with E-state index < -0.39 is 5.91 Å². The predicted molar refractivity (Wildman–Crippen MR) is 90.8 cm³/mol. The first-order chi connectivity index (χ1) is 10.3. The number of rotatable bonds is 2. The summed E-state index contributed by atoms with van der Waals surface area (Å²) in [6.07, 6.45) is 3.31. The number of anilines is 1. The van der Waals surface area contributed by atoms with Crippen molar-refractivity contribution >= 4 is 52.1 Å². The van der Waals surface area contributed by atoms with Crippen LogP contribution in [0.25, 0.3) is 0 Å². The van der Waals surface area contributed by atoms with E-state index >= 15 is 0 Å². The summed E-state index contributed by atoms with van der Waals surface area (Å²) in [6.45, 7) is 4.20. The van der Waals surface area contributed by atoms with Gasteiger partial charge in [-0.05, 0) is 24.7 Å². The van der Waals surface area contributed by atoms with Crippen molar-refractivity contribution < 1.29 is 4.79 Å². The number of halogens is 3. The zero-order valence-corrected chi connectivity index (χ0v) is 14.6. The Balaban J connectivity index is 2.23. The third-order valence-corrected chi connectivity index (χ3v) is 4.99. The lowest BCUT2D eigenvalue weighted by atomic mass is 9.81. The Hall–Kier alpha value is -1.04. The van der Waals surface area contributed by atoms with Gasteiger partial charge in [0.15, 0.2) is 10.8 Å². The molecule has 5 nitrogen and oxygen atoms in total. The lowest BCUT2D eigenvalue weighted by Gasteiger charge is -2.26. The minimum absolute atomic E-state index is 0.0283. The SMILES string of the molecule is C[C@@H]1CCC[C@@H](C)C1=NNC(=O)c1nc(Cl)c(Cl)c(N)c1Cl. The highest BCUT2D eigenvalue weighted by atomic mass is 35.5. The molecule has 1 aliphatic rings. The lowest BCUT2D eigenvalue weighted by molar-refractivity contribution is 0.0949. The monoisotopic (exact) mass is 362 g/mol. The number of nitrogen functional groups attached to an aromatic ring is 1. The normalized spacial score (nSPS) is 21.6. The zero-order valence-electron chi connectivity index (χ0n) is 12.3. The number of aromatic nitrogens is 1. The van der Waals surface area contributed by atoms with E-state index in [0.717, 1.165) is 18.6 Å². The fourth-order valence-electron chi connectivity index (χ4n) is 2.58. The van der Waals surface area contributed by atoms with Gasteiger partial charge in [-0.25, -0.2) is 10.4 Å². The molecule has 0 radical (unpaired) electrons. The van der Waals surface area contributed by atoms with E-state index in [9.17, 15) is 4.79 Å². The first kappa shape index (κ1) is 17.3. The molecule has 0 bridgehead atoms. The molecule has 1 aromatic rings. The minimum Gasteiger partial charge on any atom is -0.396 e. The number of hydrazone groups is 1. The summed E-state index contributed by atoms with van der Waals surface area (Å²) in [7, 11) is 0. The summed E-state index contributed by atoms with van der Waals surface area (Å²) in [5, 5.41) is 4.18. The average Bonchev–Trinajstić information content (AvgIpc) is 2.48. The summed E-state index contributed by atoms with van der Waals surface area (Å²) in [5.41, 5.74) is 9.10. The molecule has 2 atom stereocenters. The van der Waals surface area contributed by atoms with Crippen molar-refractivity contribution in [3.8, 4) is 0 Å². The molecule has 2 rings (SSSR count). The molecule has 1 aromatic heterocycles. The molecule has 22 heavy (non-hydrogen) atoms. The van der Waals surface area contributed by atoms with E-state index in [4.69, 9.17) is 40.5 Å². The van der Waals surface area contributed by atoms with Crippen LogP contribution >= 0.6 is 34.8 Å². The third-order valence-electron chi connectivity index (χ3n) is 3.86. The van der Waals surface area contributed by atoms with Gasteiger partial charge in [-0.15, -0.1) is 0 Å². The summed E-state index contributed by atoms with van der Waals surface area (Å²) < 4.78 is 0.